The van der Waals surface area contributed by atoms with Crippen molar-refractivity contribution in [3.8, 4) is 5.75 Å². The number of aromatic nitrogens is 2. The number of rotatable bonds is 4. The van der Waals surface area contributed by atoms with Gasteiger partial charge >= 0.3 is 11.9 Å². The van der Waals surface area contributed by atoms with Crippen LogP contribution in [0.4, 0.5) is 0 Å². The number of nitrogens with zero attached hydrogens (tertiary/aromatic N) is 2. The Morgan fingerprint density at radius 1 is 0.933 bits per heavy atom. The van der Waals surface area contributed by atoms with Gasteiger partial charge in [0.15, 0.2) is 0 Å². The number of phenols is 1. The average Bonchev–Trinajstić information content (AvgIpc) is 2.71. The van der Waals surface area contributed by atoms with E-state index in [2.05, 4.69) is 9.97 Å². The van der Waals surface area contributed by atoms with Crippen LogP contribution in [-0.4, -0.2) is 32.1 Å². The first-order valence-electron chi connectivity index (χ1n) is 9.29. The van der Waals surface area contributed by atoms with E-state index < -0.39 is 18.0 Å². The fourth-order valence-corrected chi connectivity index (χ4v) is 3.44. The summed E-state index contributed by atoms with van der Waals surface area (Å²) in [4.78, 5) is 33.2. The molecule has 0 fully saturated rings. The van der Waals surface area contributed by atoms with Gasteiger partial charge in [0.2, 0.25) is 0 Å². The Morgan fingerprint density at radius 2 is 1.57 bits per heavy atom. The number of hydrogen-bond donors (Lipinski definition) is 2. The zero-order valence-electron chi connectivity index (χ0n) is 16.3. The summed E-state index contributed by atoms with van der Waals surface area (Å²) in [6.45, 7) is 3.43. The molecule has 0 saturated heterocycles. The van der Waals surface area contributed by atoms with Gasteiger partial charge in [-0.05, 0) is 43.7 Å². The fraction of sp³-hybridized carbons (Fsp3) is 0.130. The van der Waals surface area contributed by atoms with Crippen LogP contribution in [0.2, 0.25) is 0 Å². The second-order valence-electron chi connectivity index (χ2n) is 6.93. The van der Waals surface area contributed by atoms with E-state index in [0.29, 0.717) is 33.2 Å². The van der Waals surface area contributed by atoms with Gasteiger partial charge in [-0.2, -0.15) is 0 Å². The summed E-state index contributed by atoms with van der Waals surface area (Å²) in [5.74, 6) is -1.86. The van der Waals surface area contributed by atoms with E-state index in [4.69, 9.17) is 4.74 Å². The summed E-state index contributed by atoms with van der Waals surface area (Å²) >= 11 is 0. The third kappa shape index (κ3) is 3.30. The second-order valence-corrected chi connectivity index (χ2v) is 6.93. The molecule has 1 aromatic heterocycles. The van der Waals surface area contributed by atoms with Crippen molar-refractivity contribution in [3.63, 3.8) is 0 Å². The van der Waals surface area contributed by atoms with Crippen molar-refractivity contribution < 1.29 is 24.5 Å². The Morgan fingerprint density at radius 3 is 2.27 bits per heavy atom. The lowest BCUT2D eigenvalue weighted by Crippen LogP contribution is -2.11. The molecule has 0 bridgehead atoms. The van der Waals surface area contributed by atoms with E-state index in [0.717, 1.165) is 0 Å². The van der Waals surface area contributed by atoms with Crippen molar-refractivity contribution in [2.24, 2.45) is 0 Å². The monoisotopic (exact) mass is 402 g/mol. The van der Waals surface area contributed by atoms with E-state index in [1.165, 1.54) is 12.1 Å². The Balaban J connectivity index is 1.77. The third-order valence-corrected chi connectivity index (χ3v) is 4.93. The van der Waals surface area contributed by atoms with Gasteiger partial charge in [-0.15, -0.1) is 0 Å². The van der Waals surface area contributed by atoms with Crippen LogP contribution < -0.4 is 0 Å². The number of phenolic OH excluding ortho intramolecular Hbond substituents is 1. The fourth-order valence-electron chi connectivity index (χ4n) is 3.44. The molecule has 1 heterocycles. The van der Waals surface area contributed by atoms with Gasteiger partial charge in [-0.3, -0.25) is 0 Å². The van der Waals surface area contributed by atoms with Crippen molar-refractivity contribution >= 4 is 34.0 Å². The van der Waals surface area contributed by atoms with E-state index in [-0.39, 0.29) is 16.9 Å². The highest BCUT2D eigenvalue weighted by Crippen LogP contribution is 2.29. The van der Waals surface area contributed by atoms with E-state index in [1.54, 1.807) is 56.3 Å². The summed E-state index contributed by atoms with van der Waals surface area (Å²) in [5.41, 5.74) is 3.17. The highest BCUT2D eigenvalue weighted by Gasteiger charge is 2.21. The molecule has 0 saturated carbocycles. The molecule has 7 heteroatoms. The van der Waals surface area contributed by atoms with Gasteiger partial charge < -0.3 is 14.9 Å². The number of ether oxygens (including phenoxy) is 1. The van der Waals surface area contributed by atoms with Crippen LogP contribution in [0.15, 0.2) is 54.6 Å². The standard InChI is InChI=1S/C23H18N2O5/c1-12-6-3-11-18(26)19(12)23(29)30-13(2)14-7-4-9-16-20(14)24-17-10-5-8-15(22(27)28)21(17)25-16/h3-11,13,26H,1-2H3,(H,27,28). The quantitative estimate of drug-likeness (QED) is 0.384. The minimum Gasteiger partial charge on any atom is -0.507 e. The van der Waals surface area contributed by atoms with E-state index in [1.807, 2.05) is 0 Å². The van der Waals surface area contributed by atoms with Gasteiger partial charge in [0, 0.05) is 5.56 Å². The minimum atomic E-state index is -1.08. The summed E-state index contributed by atoms with van der Waals surface area (Å²) in [7, 11) is 0. The van der Waals surface area contributed by atoms with Crippen LogP contribution in [0.1, 0.15) is 44.9 Å². The molecule has 7 nitrogen and oxygen atoms in total. The molecule has 1 atom stereocenters. The van der Waals surface area contributed by atoms with Gasteiger partial charge in [0.05, 0.1) is 22.1 Å². The maximum atomic E-state index is 12.7. The number of para-hydroxylation sites is 2. The number of carboxylic acids is 1. The van der Waals surface area contributed by atoms with Gasteiger partial charge in [-0.1, -0.05) is 30.3 Å². The van der Waals surface area contributed by atoms with Gasteiger partial charge in [-0.25, -0.2) is 19.6 Å². The number of esters is 1. The first-order chi connectivity index (χ1) is 14.4. The van der Waals surface area contributed by atoms with Crippen molar-refractivity contribution in [1.82, 2.24) is 9.97 Å². The van der Waals surface area contributed by atoms with Crippen LogP contribution in [0.25, 0.3) is 22.1 Å². The number of aromatic hydroxyl groups is 1. The number of aryl methyl sites for hydroxylation is 1. The molecule has 4 aromatic rings. The number of benzene rings is 3. The number of carboxylic acid groups (broad SMARTS) is 1. The average molecular weight is 402 g/mol. The summed E-state index contributed by atoms with van der Waals surface area (Å²) < 4.78 is 5.61. The number of fused-ring (bicyclic) bond motifs is 2. The predicted octanol–water partition coefficient (Wildman–Crippen LogP) is 4.41. The summed E-state index contributed by atoms with van der Waals surface area (Å²) in [6, 6.07) is 14.8. The zero-order valence-corrected chi connectivity index (χ0v) is 16.3. The minimum absolute atomic E-state index is 0.0711. The van der Waals surface area contributed by atoms with Crippen LogP contribution in [0.3, 0.4) is 0 Å². The number of carbonyl (C=O) groups excluding carboxylic acids is 1. The summed E-state index contributed by atoms with van der Waals surface area (Å²) in [6.07, 6.45) is -0.672. The van der Waals surface area contributed by atoms with Crippen LogP contribution >= 0.6 is 0 Å². The lowest BCUT2D eigenvalue weighted by atomic mass is 10.1. The SMILES string of the molecule is Cc1cccc(O)c1C(=O)OC(C)c1cccc2nc3c(C(=O)O)cccc3nc12. The topological polar surface area (TPSA) is 110 Å². The first kappa shape index (κ1) is 19.3. The van der Waals surface area contributed by atoms with Gasteiger partial charge in [0.25, 0.3) is 0 Å². The van der Waals surface area contributed by atoms with Crippen molar-refractivity contribution in [2.75, 3.05) is 0 Å². The van der Waals surface area contributed by atoms with E-state index >= 15 is 0 Å². The lowest BCUT2D eigenvalue weighted by Gasteiger charge is -2.17. The molecule has 0 aliphatic rings. The highest BCUT2D eigenvalue weighted by atomic mass is 16.5. The van der Waals surface area contributed by atoms with Crippen molar-refractivity contribution in [3.05, 3.63) is 76.9 Å². The maximum Gasteiger partial charge on any atom is 0.342 e. The smallest absolute Gasteiger partial charge is 0.342 e. The molecule has 0 amide bonds. The Labute approximate surface area is 171 Å². The van der Waals surface area contributed by atoms with Crippen LogP contribution in [0.5, 0.6) is 5.75 Å². The van der Waals surface area contributed by atoms with Crippen LogP contribution in [-0.2, 0) is 4.74 Å². The van der Waals surface area contributed by atoms with E-state index in [9.17, 15) is 19.8 Å². The van der Waals surface area contributed by atoms with Gasteiger partial charge in [0.1, 0.15) is 22.9 Å². The third-order valence-electron chi connectivity index (χ3n) is 4.93. The maximum absolute atomic E-state index is 12.7. The number of hydrogen-bond acceptors (Lipinski definition) is 6. The summed E-state index contributed by atoms with van der Waals surface area (Å²) in [5, 5.41) is 19.4. The lowest BCUT2D eigenvalue weighted by molar-refractivity contribution is 0.0336. The second kappa shape index (κ2) is 7.44. The molecule has 150 valence electrons. The molecular weight excluding hydrogens is 384 g/mol. The number of carbonyl (C=O) groups is 2. The Kier molecular flexibility index (Phi) is 4.79. The Bertz CT molecular complexity index is 1300. The highest BCUT2D eigenvalue weighted by molar-refractivity contribution is 6.02. The molecule has 3 aromatic carbocycles. The molecule has 0 radical (unpaired) electrons. The predicted molar refractivity (Wildman–Crippen MR) is 111 cm³/mol. The molecule has 0 spiro atoms. The first-order valence-corrected chi connectivity index (χ1v) is 9.29. The van der Waals surface area contributed by atoms with Crippen molar-refractivity contribution in [2.45, 2.75) is 20.0 Å². The molecule has 0 aliphatic heterocycles. The molecule has 1 unspecified atom stereocenters. The largest absolute Gasteiger partial charge is 0.507 e. The number of aromatic carboxylic acids is 1. The molecular formula is C23H18N2O5. The molecule has 0 aliphatic carbocycles. The van der Waals surface area contributed by atoms with Crippen LogP contribution in [0, 0.1) is 6.92 Å². The molecule has 4 rings (SSSR count). The normalized spacial score (nSPS) is 12.1. The zero-order chi connectivity index (χ0) is 21.4. The Hall–Kier alpha value is -4.00. The molecule has 2 N–H and O–H groups in total. The molecule has 30 heavy (non-hydrogen) atoms. The van der Waals surface area contributed by atoms with Crippen molar-refractivity contribution in [1.29, 1.82) is 0 Å².